The molecule has 0 aromatic carbocycles. The maximum atomic E-state index is 12.7. The number of carbonyl (C=O) groups excluding carboxylic acids is 1. The van der Waals surface area contributed by atoms with Gasteiger partial charge in [0.1, 0.15) is 12.6 Å². The van der Waals surface area contributed by atoms with E-state index in [9.17, 15) is 13.6 Å². The minimum Gasteiger partial charge on any atom is -0.447 e. The summed E-state index contributed by atoms with van der Waals surface area (Å²) in [4.78, 5) is 12.5. The first-order valence-corrected chi connectivity index (χ1v) is 5.22. The predicted octanol–water partition coefficient (Wildman–Crippen LogP) is 2.70. The number of allylic oxidation sites excluding steroid dienone is 3. The molecule has 0 bridgehead atoms. The molecule has 2 aliphatic rings. The molecule has 1 amide bonds. The monoisotopic (exact) mass is 229 g/mol. The Morgan fingerprint density at radius 2 is 2.12 bits per heavy atom. The molecule has 3 nitrogen and oxygen atoms in total. The highest BCUT2D eigenvalue weighted by Crippen LogP contribution is 2.30. The van der Waals surface area contributed by atoms with Gasteiger partial charge in [0.15, 0.2) is 0 Å². The predicted molar refractivity (Wildman–Crippen MR) is 54.1 cm³/mol. The van der Waals surface area contributed by atoms with Crippen LogP contribution in [0.1, 0.15) is 19.8 Å². The molecule has 16 heavy (non-hydrogen) atoms. The van der Waals surface area contributed by atoms with Crippen molar-refractivity contribution in [3.05, 3.63) is 23.4 Å². The van der Waals surface area contributed by atoms with Crippen LogP contribution in [-0.2, 0) is 4.74 Å². The molecule has 0 N–H and O–H groups in total. The lowest BCUT2D eigenvalue weighted by Gasteiger charge is -2.25. The van der Waals surface area contributed by atoms with Crippen molar-refractivity contribution >= 4 is 6.09 Å². The summed E-state index contributed by atoms with van der Waals surface area (Å²) >= 11 is 0. The molecule has 1 aliphatic heterocycles. The maximum absolute atomic E-state index is 12.7. The van der Waals surface area contributed by atoms with Gasteiger partial charge in [0.2, 0.25) is 0 Å². The van der Waals surface area contributed by atoms with Crippen LogP contribution in [0, 0.1) is 0 Å². The van der Waals surface area contributed by atoms with E-state index in [1.54, 1.807) is 0 Å². The molecule has 0 saturated carbocycles. The van der Waals surface area contributed by atoms with Crippen molar-refractivity contribution in [3.8, 4) is 0 Å². The highest BCUT2D eigenvalue weighted by Gasteiger charge is 2.41. The lowest BCUT2D eigenvalue weighted by atomic mass is 10.0. The molecule has 1 aliphatic carbocycles. The summed E-state index contributed by atoms with van der Waals surface area (Å²) in [6, 6.07) is -1.15. The summed E-state index contributed by atoms with van der Waals surface area (Å²) in [5.74, 6) is 0. The van der Waals surface area contributed by atoms with Gasteiger partial charge in [-0.2, -0.15) is 0 Å². The molecular formula is C11H13F2NO2. The molecular weight excluding hydrogens is 216 g/mol. The minimum atomic E-state index is -2.58. The first-order valence-electron chi connectivity index (χ1n) is 5.22. The number of halogens is 2. The smallest absolute Gasteiger partial charge is 0.414 e. The Balaban J connectivity index is 2.27. The van der Waals surface area contributed by atoms with Gasteiger partial charge in [-0.25, -0.2) is 13.6 Å². The highest BCUT2D eigenvalue weighted by atomic mass is 19.3. The Bertz CT molecular complexity index is 363. The maximum Gasteiger partial charge on any atom is 0.414 e. The first kappa shape index (κ1) is 11.1. The molecule has 0 aromatic rings. The van der Waals surface area contributed by atoms with Crippen molar-refractivity contribution in [1.82, 2.24) is 4.90 Å². The van der Waals surface area contributed by atoms with Crippen molar-refractivity contribution in [1.29, 1.82) is 0 Å². The van der Waals surface area contributed by atoms with Crippen molar-refractivity contribution in [2.45, 2.75) is 32.2 Å². The molecule has 0 spiro atoms. The molecule has 1 fully saturated rings. The SMILES string of the molecule is CC1=CCCC=C1N1C(=O)OC[C@H]1C(F)F. The van der Waals surface area contributed by atoms with Crippen molar-refractivity contribution in [2.24, 2.45) is 0 Å². The van der Waals surface area contributed by atoms with Gasteiger partial charge in [-0.05, 0) is 25.3 Å². The second-order valence-corrected chi connectivity index (χ2v) is 3.90. The fraction of sp³-hybridized carbons (Fsp3) is 0.545. The van der Waals surface area contributed by atoms with Crippen molar-refractivity contribution in [2.75, 3.05) is 6.61 Å². The standard InChI is InChI=1S/C11H13F2NO2/c1-7-4-2-3-5-8(7)14-9(10(12)13)6-16-11(14)15/h4-5,9-10H,2-3,6H2,1H3/t9-/m0/s1. The van der Waals surface area contributed by atoms with Crippen LogP contribution >= 0.6 is 0 Å². The number of carbonyl (C=O) groups is 1. The zero-order valence-corrected chi connectivity index (χ0v) is 8.95. The quantitative estimate of drug-likeness (QED) is 0.728. The average molecular weight is 229 g/mol. The summed E-state index contributed by atoms with van der Waals surface area (Å²) in [7, 11) is 0. The lowest BCUT2D eigenvalue weighted by molar-refractivity contribution is 0.0705. The Kier molecular flexibility index (Phi) is 2.94. The molecule has 5 heteroatoms. The average Bonchev–Trinajstić information content (AvgIpc) is 2.61. The van der Waals surface area contributed by atoms with Crippen LogP contribution in [0.2, 0.25) is 0 Å². The van der Waals surface area contributed by atoms with E-state index in [2.05, 4.69) is 4.74 Å². The minimum absolute atomic E-state index is 0.235. The van der Waals surface area contributed by atoms with E-state index in [1.165, 1.54) is 0 Å². The molecule has 0 aromatic heterocycles. The van der Waals surface area contributed by atoms with E-state index in [0.29, 0.717) is 5.70 Å². The number of hydrogen-bond acceptors (Lipinski definition) is 2. The summed E-state index contributed by atoms with van der Waals surface area (Å²) in [5, 5.41) is 0. The number of amides is 1. The normalized spacial score (nSPS) is 25.6. The number of ether oxygens (including phenoxy) is 1. The fourth-order valence-corrected chi connectivity index (χ4v) is 1.97. The number of rotatable bonds is 2. The van der Waals surface area contributed by atoms with Crippen LogP contribution in [0.15, 0.2) is 23.4 Å². The van der Waals surface area contributed by atoms with Crippen LogP contribution in [0.4, 0.5) is 13.6 Å². The van der Waals surface area contributed by atoms with Crippen molar-refractivity contribution < 1.29 is 18.3 Å². The van der Waals surface area contributed by atoms with E-state index in [-0.39, 0.29) is 6.61 Å². The largest absolute Gasteiger partial charge is 0.447 e. The molecule has 0 radical (unpaired) electrons. The zero-order valence-electron chi connectivity index (χ0n) is 8.95. The number of nitrogens with zero attached hydrogens (tertiary/aromatic N) is 1. The number of hydrogen-bond donors (Lipinski definition) is 0. The molecule has 0 unspecified atom stereocenters. The molecule has 88 valence electrons. The lowest BCUT2D eigenvalue weighted by Crippen LogP contribution is -2.38. The third-order valence-corrected chi connectivity index (χ3v) is 2.82. The van der Waals surface area contributed by atoms with Crippen LogP contribution in [0.5, 0.6) is 0 Å². The third kappa shape index (κ3) is 1.81. The fourth-order valence-electron chi connectivity index (χ4n) is 1.97. The van der Waals surface area contributed by atoms with Gasteiger partial charge >= 0.3 is 6.09 Å². The molecule has 1 heterocycles. The van der Waals surface area contributed by atoms with Crippen LogP contribution in [0.25, 0.3) is 0 Å². The van der Waals surface area contributed by atoms with E-state index in [4.69, 9.17) is 0 Å². The number of alkyl halides is 2. The van der Waals surface area contributed by atoms with Gasteiger partial charge in [0, 0.05) is 5.70 Å². The molecule has 2 rings (SSSR count). The summed E-state index contributed by atoms with van der Waals surface area (Å²) < 4.78 is 30.1. The van der Waals surface area contributed by atoms with Crippen LogP contribution in [-0.4, -0.2) is 30.1 Å². The van der Waals surface area contributed by atoms with Gasteiger partial charge in [-0.15, -0.1) is 0 Å². The van der Waals surface area contributed by atoms with E-state index < -0.39 is 18.6 Å². The summed E-state index contributed by atoms with van der Waals surface area (Å²) in [5.41, 5.74) is 1.43. The Labute approximate surface area is 92.4 Å². The van der Waals surface area contributed by atoms with Crippen LogP contribution in [0.3, 0.4) is 0 Å². The first-order chi connectivity index (χ1) is 7.61. The van der Waals surface area contributed by atoms with Crippen LogP contribution < -0.4 is 0 Å². The Morgan fingerprint density at radius 1 is 1.44 bits per heavy atom. The van der Waals surface area contributed by atoms with Gasteiger partial charge < -0.3 is 4.74 Å². The Morgan fingerprint density at radius 3 is 2.75 bits per heavy atom. The third-order valence-electron chi connectivity index (χ3n) is 2.82. The van der Waals surface area contributed by atoms with Gasteiger partial charge in [0.05, 0.1) is 0 Å². The van der Waals surface area contributed by atoms with E-state index in [0.717, 1.165) is 23.3 Å². The van der Waals surface area contributed by atoms with Crippen molar-refractivity contribution in [3.63, 3.8) is 0 Å². The Hall–Kier alpha value is -1.39. The summed E-state index contributed by atoms with van der Waals surface area (Å²) in [6.07, 6.45) is 2.17. The van der Waals surface area contributed by atoms with E-state index in [1.807, 2.05) is 19.1 Å². The van der Waals surface area contributed by atoms with Gasteiger partial charge in [-0.1, -0.05) is 12.2 Å². The highest BCUT2D eigenvalue weighted by molar-refractivity contribution is 5.74. The molecule has 1 atom stereocenters. The second kappa shape index (κ2) is 4.23. The second-order valence-electron chi connectivity index (χ2n) is 3.90. The summed E-state index contributed by atoms with van der Waals surface area (Å²) in [6.45, 7) is 1.58. The zero-order chi connectivity index (χ0) is 11.7. The topological polar surface area (TPSA) is 29.5 Å². The van der Waals surface area contributed by atoms with Gasteiger partial charge in [0.25, 0.3) is 6.43 Å². The van der Waals surface area contributed by atoms with E-state index >= 15 is 0 Å². The number of cyclic esters (lactones) is 1. The molecule has 1 saturated heterocycles. The van der Waals surface area contributed by atoms with Gasteiger partial charge in [-0.3, -0.25) is 4.90 Å².